The van der Waals surface area contributed by atoms with Gasteiger partial charge in [0.1, 0.15) is 5.56 Å². The van der Waals surface area contributed by atoms with Gasteiger partial charge in [0.25, 0.3) is 0 Å². The number of aromatic nitrogens is 1. The number of esters is 1. The van der Waals surface area contributed by atoms with Crippen LogP contribution in [0.2, 0.25) is 0 Å². The number of halogens is 1. The maximum Gasteiger partial charge on any atom is 0.341 e. The van der Waals surface area contributed by atoms with Crippen molar-refractivity contribution in [2.45, 2.75) is 24.4 Å². The molecule has 20 heavy (non-hydrogen) atoms. The number of nitrogens with zero attached hydrogens (tertiary/aromatic N) is 1. The molecule has 1 saturated heterocycles. The van der Waals surface area contributed by atoms with Crippen molar-refractivity contribution < 1.29 is 19.4 Å². The molecule has 0 aliphatic carbocycles. The van der Waals surface area contributed by atoms with Gasteiger partial charge < -0.3 is 19.9 Å². The number of carbonyl (C=O) groups is 1. The molecule has 0 bridgehead atoms. The molecule has 0 aromatic carbocycles. The lowest BCUT2D eigenvalue weighted by molar-refractivity contribution is 0.00699. The van der Waals surface area contributed by atoms with Gasteiger partial charge in [-0.05, 0) is 13.0 Å². The van der Waals surface area contributed by atoms with Gasteiger partial charge in [-0.2, -0.15) is 0 Å². The van der Waals surface area contributed by atoms with Crippen molar-refractivity contribution in [2.75, 3.05) is 25.1 Å². The average molecular weight is 301 g/mol. The summed E-state index contributed by atoms with van der Waals surface area (Å²) in [6.45, 7) is 2.64. The first-order chi connectivity index (χ1) is 9.63. The summed E-state index contributed by atoms with van der Waals surface area (Å²) in [7, 11) is 0. The van der Waals surface area contributed by atoms with Gasteiger partial charge in [-0.15, -0.1) is 11.6 Å². The molecule has 1 aliphatic heterocycles. The second-order valence-electron chi connectivity index (χ2n) is 4.44. The fourth-order valence-corrected chi connectivity index (χ4v) is 2.24. The minimum Gasteiger partial charge on any atom is -0.462 e. The molecule has 1 aliphatic rings. The highest BCUT2D eigenvalue weighted by atomic mass is 35.5. The molecule has 1 aromatic rings. The van der Waals surface area contributed by atoms with E-state index in [-0.39, 0.29) is 12.6 Å². The van der Waals surface area contributed by atoms with E-state index in [0.29, 0.717) is 24.5 Å². The average Bonchev–Trinajstić information content (AvgIpc) is 2.45. The zero-order chi connectivity index (χ0) is 14.5. The van der Waals surface area contributed by atoms with Crippen LogP contribution < -0.4 is 5.32 Å². The monoisotopic (exact) mass is 300 g/mol. The summed E-state index contributed by atoms with van der Waals surface area (Å²) >= 11 is 5.96. The van der Waals surface area contributed by atoms with E-state index in [0.717, 1.165) is 0 Å². The number of pyridine rings is 1. The number of rotatable bonds is 4. The molecule has 1 fully saturated rings. The number of anilines is 1. The van der Waals surface area contributed by atoms with E-state index in [9.17, 15) is 9.90 Å². The second-order valence-corrected chi connectivity index (χ2v) is 5.00. The van der Waals surface area contributed by atoms with Gasteiger partial charge in [-0.3, -0.25) is 4.98 Å². The first-order valence-electron chi connectivity index (χ1n) is 6.41. The fourth-order valence-electron chi connectivity index (χ4n) is 1.98. The SMILES string of the molecule is CCOC(=O)c1cnccc1NC1COCC(Cl)C1O. The number of aliphatic hydroxyl groups is 1. The minimum absolute atomic E-state index is 0.284. The Morgan fingerprint density at radius 1 is 1.65 bits per heavy atom. The Balaban J connectivity index is 2.14. The summed E-state index contributed by atoms with van der Waals surface area (Å²) in [5.74, 6) is -0.461. The molecule has 3 unspecified atom stereocenters. The van der Waals surface area contributed by atoms with Crippen molar-refractivity contribution in [3.05, 3.63) is 24.0 Å². The van der Waals surface area contributed by atoms with Crippen LogP contribution in [0.25, 0.3) is 0 Å². The lowest BCUT2D eigenvalue weighted by atomic mass is 10.1. The molecule has 0 amide bonds. The van der Waals surface area contributed by atoms with Crippen LogP contribution in [-0.2, 0) is 9.47 Å². The van der Waals surface area contributed by atoms with Crippen LogP contribution in [0.4, 0.5) is 5.69 Å². The Morgan fingerprint density at radius 3 is 3.20 bits per heavy atom. The molecule has 0 spiro atoms. The van der Waals surface area contributed by atoms with Crippen LogP contribution in [0.5, 0.6) is 0 Å². The molecule has 7 heteroatoms. The van der Waals surface area contributed by atoms with Crippen molar-refractivity contribution in [2.24, 2.45) is 0 Å². The van der Waals surface area contributed by atoms with Crippen LogP contribution in [0.15, 0.2) is 18.5 Å². The number of hydrogen-bond donors (Lipinski definition) is 2. The third kappa shape index (κ3) is 3.39. The molecule has 0 saturated carbocycles. The second kappa shape index (κ2) is 6.88. The Hall–Kier alpha value is -1.37. The highest BCUT2D eigenvalue weighted by Crippen LogP contribution is 2.21. The predicted octanol–water partition coefficient (Wildman–Crippen LogP) is 1.04. The Morgan fingerprint density at radius 2 is 2.45 bits per heavy atom. The summed E-state index contributed by atoms with van der Waals surface area (Å²) < 4.78 is 10.3. The lowest BCUT2D eigenvalue weighted by Crippen LogP contribution is -2.49. The Labute approximate surface area is 122 Å². The zero-order valence-corrected chi connectivity index (χ0v) is 11.8. The van der Waals surface area contributed by atoms with E-state index >= 15 is 0 Å². The molecule has 2 heterocycles. The van der Waals surface area contributed by atoms with Gasteiger partial charge >= 0.3 is 5.97 Å². The third-order valence-corrected chi connectivity index (χ3v) is 3.40. The molecule has 0 radical (unpaired) electrons. The van der Waals surface area contributed by atoms with Gasteiger partial charge in [-0.25, -0.2) is 4.79 Å². The Bertz CT molecular complexity index is 471. The van der Waals surface area contributed by atoms with E-state index in [1.807, 2.05) is 0 Å². The number of aliphatic hydroxyl groups excluding tert-OH is 1. The molecule has 6 nitrogen and oxygen atoms in total. The molecule has 110 valence electrons. The maximum atomic E-state index is 11.8. The molecule has 2 N–H and O–H groups in total. The van der Waals surface area contributed by atoms with E-state index in [1.54, 1.807) is 19.2 Å². The normalized spacial score (nSPS) is 26.1. The van der Waals surface area contributed by atoms with Gasteiger partial charge in [0.15, 0.2) is 0 Å². The predicted molar refractivity (Wildman–Crippen MR) is 74.1 cm³/mol. The lowest BCUT2D eigenvalue weighted by Gasteiger charge is -2.32. The Kier molecular flexibility index (Phi) is 5.17. The smallest absolute Gasteiger partial charge is 0.341 e. The van der Waals surface area contributed by atoms with Crippen molar-refractivity contribution in [1.82, 2.24) is 4.98 Å². The molecule has 2 rings (SSSR count). The first-order valence-corrected chi connectivity index (χ1v) is 6.84. The quantitative estimate of drug-likeness (QED) is 0.639. The first kappa shape index (κ1) is 15.0. The standard InChI is InChI=1S/C13H17ClN2O4/c1-2-20-13(18)8-5-15-4-3-10(8)16-11-7-19-6-9(14)12(11)17/h3-5,9,11-12,17H,2,6-7H2,1H3,(H,15,16). The van der Waals surface area contributed by atoms with Gasteiger partial charge in [-0.1, -0.05) is 0 Å². The zero-order valence-electron chi connectivity index (χ0n) is 11.1. The largest absolute Gasteiger partial charge is 0.462 e. The summed E-state index contributed by atoms with van der Waals surface area (Å²) in [5, 5.41) is 12.6. The van der Waals surface area contributed by atoms with Crippen molar-refractivity contribution >= 4 is 23.3 Å². The minimum atomic E-state index is -0.756. The fraction of sp³-hybridized carbons (Fsp3) is 0.538. The molecular formula is C13H17ClN2O4. The molecule has 3 atom stereocenters. The van der Waals surface area contributed by atoms with Gasteiger partial charge in [0.05, 0.1) is 43.0 Å². The summed E-state index contributed by atoms with van der Waals surface area (Å²) in [6.07, 6.45) is 2.22. The summed E-state index contributed by atoms with van der Waals surface area (Å²) in [5.41, 5.74) is 0.857. The highest BCUT2D eigenvalue weighted by molar-refractivity contribution is 6.21. The number of alkyl halides is 1. The third-order valence-electron chi connectivity index (χ3n) is 3.01. The summed E-state index contributed by atoms with van der Waals surface area (Å²) in [6, 6.07) is 1.26. The van der Waals surface area contributed by atoms with E-state index in [1.165, 1.54) is 6.20 Å². The van der Waals surface area contributed by atoms with Crippen LogP contribution >= 0.6 is 11.6 Å². The van der Waals surface area contributed by atoms with Crippen LogP contribution in [0.3, 0.4) is 0 Å². The highest BCUT2D eigenvalue weighted by Gasteiger charge is 2.32. The van der Waals surface area contributed by atoms with Crippen molar-refractivity contribution in [3.63, 3.8) is 0 Å². The topological polar surface area (TPSA) is 80.7 Å². The van der Waals surface area contributed by atoms with Gasteiger partial charge in [0, 0.05) is 12.4 Å². The van der Waals surface area contributed by atoms with Crippen LogP contribution in [0, 0.1) is 0 Å². The van der Waals surface area contributed by atoms with Crippen LogP contribution in [0.1, 0.15) is 17.3 Å². The summed E-state index contributed by atoms with van der Waals surface area (Å²) in [4.78, 5) is 15.7. The molecular weight excluding hydrogens is 284 g/mol. The number of carbonyl (C=O) groups excluding carboxylic acids is 1. The molecule has 1 aromatic heterocycles. The van der Waals surface area contributed by atoms with Gasteiger partial charge in [0.2, 0.25) is 0 Å². The maximum absolute atomic E-state index is 11.8. The van der Waals surface area contributed by atoms with E-state index in [2.05, 4.69) is 10.3 Å². The van der Waals surface area contributed by atoms with Crippen molar-refractivity contribution in [1.29, 1.82) is 0 Å². The van der Waals surface area contributed by atoms with Crippen LogP contribution in [-0.4, -0.2) is 53.4 Å². The van der Waals surface area contributed by atoms with E-state index < -0.39 is 17.5 Å². The number of nitrogens with one attached hydrogen (secondary N) is 1. The van der Waals surface area contributed by atoms with E-state index in [4.69, 9.17) is 21.1 Å². The number of hydrogen-bond acceptors (Lipinski definition) is 6. The number of ether oxygens (including phenoxy) is 2. The van der Waals surface area contributed by atoms with Crippen molar-refractivity contribution in [3.8, 4) is 0 Å².